The molecule has 1 aliphatic carbocycles. The van der Waals surface area contributed by atoms with Crippen molar-refractivity contribution in [3.05, 3.63) is 27.2 Å². The number of rotatable bonds is 4. The lowest BCUT2D eigenvalue weighted by Crippen LogP contribution is -2.37. The van der Waals surface area contributed by atoms with Crippen molar-refractivity contribution in [1.82, 2.24) is 4.72 Å². The molecule has 0 aromatic heterocycles. The fourth-order valence-corrected chi connectivity index (χ4v) is 4.99. The SMILES string of the molecule is CCC1CCC(NS(=O)(=O)c2cc(Cl)c(Cl)cc2Cl)CC1. The number of hydrogen-bond acceptors (Lipinski definition) is 2. The zero-order valence-electron chi connectivity index (χ0n) is 11.7. The van der Waals surface area contributed by atoms with Crippen molar-refractivity contribution in [2.24, 2.45) is 5.92 Å². The summed E-state index contributed by atoms with van der Waals surface area (Å²) in [4.78, 5) is -0.0174. The van der Waals surface area contributed by atoms with Crippen molar-refractivity contribution >= 4 is 44.8 Å². The predicted molar refractivity (Wildman–Crippen MR) is 87.8 cm³/mol. The van der Waals surface area contributed by atoms with Crippen molar-refractivity contribution in [1.29, 1.82) is 0 Å². The Labute approximate surface area is 141 Å². The monoisotopic (exact) mass is 369 g/mol. The fourth-order valence-electron chi connectivity index (χ4n) is 2.68. The topological polar surface area (TPSA) is 46.2 Å². The van der Waals surface area contributed by atoms with Gasteiger partial charge in [-0.05, 0) is 43.7 Å². The Balaban J connectivity index is 2.14. The molecule has 0 bridgehead atoms. The van der Waals surface area contributed by atoms with Crippen LogP contribution in [0.3, 0.4) is 0 Å². The lowest BCUT2D eigenvalue weighted by atomic mass is 9.85. The lowest BCUT2D eigenvalue weighted by molar-refractivity contribution is 0.306. The Bertz CT molecular complexity index is 611. The van der Waals surface area contributed by atoms with E-state index in [1.807, 2.05) is 0 Å². The summed E-state index contributed by atoms with van der Waals surface area (Å²) in [5, 5.41) is 0.499. The summed E-state index contributed by atoms with van der Waals surface area (Å²) in [7, 11) is -3.68. The van der Waals surface area contributed by atoms with E-state index < -0.39 is 10.0 Å². The lowest BCUT2D eigenvalue weighted by Gasteiger charge is -2.28. The zero-order chi connectivity index (χ0) is 15.6. The highest BCUT2D eigenvalue weighted by atomic mass is 35.5. The third kappa shape index (κ3) is 4.26. The molecule has 21 heavy (non-hydrogen) atoms. The van der Waals surface area contributed by atoms with Crippen molar-refractivity contribution in [3.8, 4) is 0 Å². The minimum atomic E-state index is -3.68. The van der Waals surface area contributed by atoms with Crippen molar-refractivity contribution in [3.63, 3.8) is 0 Å². The van der Waals surface area contributed by atoms with E-state index in [0.717, 1.165) is 32.1 Å². The van der Waals surface area contributed by atoms with Crippen LogP contribution in [0.2, 0.25) is 15.1 Å². The fraction of sp³-hybridized carbons (Fsp3) is 0.571. The van der Waals surface area contributed by atoms with E-state index in [1.165, 1.54) is 12.1 Å². The third-order valence-corrected chi connectivity index (χ3v) is 6.72. The first-order valence-electron chi connectivity index (χ1n) is 7.00. The van der Waals surface area contributed by atoms with Crippen LogP contribution in [-0.4, -0.2) is 14.5 Å². The van der Waals surface area contributed by atoms with Gasteiger partial charge in [0.15, 0.2) is 0 Å². The van der Waals surface area contributed by atoms with Crippen molar-refractivity contribution < 1.29 is 8.42 Å². The maximum atomic E-state index is 12.4. The van der Waals surface area contributed by atoms with E-state index in [2.05, 4.69) is 11.6 Å². The molecule has 0 heterocycles. The van der Waals surface area contributed by atoms with Gasteiger partial charge in [-0.25, -0.2) is 13.1 Å². The van der Waals surface area contributed by atoms with Gasteiger partial charge >= 0.3 is 0 Å². The number of hydrogen-bond donors (Lipinski definition) is 1. The molecule has 0 saturated heterocycles. The van der Waals surface area contributed by atoms with Gasteiger partial charge < -0.3 is 0 Å². The maximum absolute atomic E-state index is 12.4. The van der Waals surface area contributed by atoms with Crippen LogP contribution in [0.15, 0.2) is 17.0 Å². The summed E-state index contributed by atoms with van der Waals surface area (Å²) >= 11 is 17.7. The minimum Gasteiger partial charge on any atom is -0.208 e. The van der Waals surface area contributed by atoms with Crippen LogP contribution in [0.4, 0.5) is 0 Å². The van der Waals surface area contributed by atoms with Crippen LogP contribution >= 0.6 is 34.8 Å². The van der Waals surface area contributed by atoms with Gasteiger partial charge in [0.05, 0.1) is 15.1 Å². The first-order valence-corrected chi connectivity index (χ1v) is 9.62. The van der Waals surface area contributed by atoms with Gasteiger partial charge in [0, 0.05) is 6.04 Å². The van der Waals surface area contributed by atoms with Gasteiger partial charge in [0.25, 0.3) is 0 Å². The highest BCUT2D eigenvalue weighted by Gasteiger charge is 2.27. The van der Waals surface area contributed by atoms with Crippen LogP contribution in [0.5, 0.6) is 0 Å². The average Bonchev–Trinajstić information content (AvgIpc) is 2.43. The number of nitrogens with one attached hydrogen (secondary N) is 1. The van der Waals surface area contributed by atoms with Gasteiger partial charge in [0.1, 0.15) is 4.90 Å². The number of sulfonamides is 1. The Morgan fingerprint density at radius 2 is 1.62 bits per heavy atom. The maximum Gasteiger partial charge on any atom is 0.242 e. The van der Waals surface area contributed by atoms with Crippen molar-refractivity contribution in [2.75, 3.05) is 0 Å². The Kier molecular flexibility index (Phi) is 5.83. The molecule has 0 amide bonds. The van der Waals surface area contributed by atoms with Crippen LogP contribution in [0.1, 0.15) is 39.0 Å². The summed E-state index contributed by atoms with van der Waals surface area (Å²) in [6, 6.07) is 2.61. The highest BCUT2D eigenvalue weighted by molar-refractivity contribution is 7.89. The average molecular weight is 371 g/mol. The summed E-state index contributed by atoms with van der Waals surface area (Å²) in [5.74, 6) is 0.708. The zero-order valence-corrected chi connectivity index (χ0v) is 14.8. The molecule has 1 fully saturated rings. The van der Waals surface area contributed by atoms with Crippen LogP contribution in [-0.2, 0) is 10.0 Å². The van der Waals surface area contributed by atoms with Gasteiger partial charge in [-0.2, -0.15) is 0 Å². The van der Waals surface area contributed by atoms with E-state index in [4.69, 9.17) is 34.8 Å². The Morgan fingerprint density at radius 3 is 2.19 bits per heavy atom. The molecular formula is C14H18Cl3NO2S. The normalized spacial score (nSPS) is 23.2. The molecule has 1 saturated carbocycles. The van der Waals surface area contributed by atoms with Crippen LogP contribution in [0.25, 0.3) is 0 Å². The molecule has 1 aromatic rings. The van der Waals surface area contributed by atoms with Crippen LogP contribution < -0.4 is 4.72 Å². The Morgan fingerprint density at radius 1 is 1.05 bits per heavy atom. The van der Waals surface area contributed by atoms with E-state index in [0.29, 0.717) is 5.92 Å². The van der Waals surface area contributed by atoms with Gasteiger partial charge in [0.2, 0.25) is 10.0 Å². The molecule has 1 aromatic carbocycles. The molecule has 1 aliphatic rings. The van der Waals surface area contributed by atoms with E-state index in [-0.39, 0.29) is 26.0 Å². The van der Waals surface area contributed by atoms with E-state index in [1.54, 1.807) is 0 Å². The van der Waals surface area contributed by atoms with Crippen LogP contribution in [0, 0.1) is 5.92 Å². The molecule has 1 N–H and O–H groups in total. The second-order valence-electron chi connectivity index (χ2n) is 5.44. The molecule has 0 aliphatic heterocycles. The molecule has 7 heteroatoms. The molecule has 0 radical (unpaired) electrons. The summed E-state index contributed by atoms with van der Waals surface area (Å²) in [5.41, 5.74) is 0. The second kappa shape index (κ2) is 7.05. The molecule has 118 valence electrons. The van der Waals surface area contributed by atoms with Gasteiger partial charge in [-0.3, -0.25) is 0 Å². The Hall–Kier alpha value is -0.000000000000000111. The molecule has 0 spiro atoms. The number of halogens is 3. The minimum absolute atomic E-state index is 0.0174. The number of benzene rings is 1. The summed E-state index contributed by atoms with van der Waals surface area (Å²) in [6.07, 6.45) is 4.98. The smallest absolute Gasteiger partial charge is 0.208 e. The molecule has 0 unspecified atom stereocenters. The summed E-state index contributed by atoms with van der Waals surface area (Å²) < 4.78 is 27.6. The third-order valence-electron chi connectivity index (χ3n) is 4.01. The van der Waals surface area contributed by atoms with Gasteiger partial charge in [-0.1, -0.05) is 48.1 Å². The molecule has 0 atom stereocenters. The van der Waals surface area contributed by atoms with E-state index >= 15 is 0 Å². The standard InChI is InChI=1S/C14H18Cl3NO2S/c1-2-9-3-5-10(6-4-9)18-21(19,20)14-8-12(16)11(15)7-13(14)17/h7-10,18H,2-6H2,1H3. The quantitative estimate of drug-likeness (QED) is 0.767. The van der Waals surface area contributed by atoms with Crippen molar-refractivity contribution in [2.45, 2.75) is 50.0 Å². The van der Waals surface area contributed by atoms with E-state index in [9.17, 15) is 8.42 Å². The molecule has 3 nitrogen and oxygen atoms in total. The first kappa shape index (κ1) is 17.4. The van der Waals surface area contributed by atoms with Gasteiger partial charge in [-0.15, -0.1) is 0 Å². The second-order valence-corrected chi connectivity index (χ2v) is 8.35. The largest absolute Gasteiger partial charge is 0.242 e. The predicted octanol–water partition coefficient (Wildman–Crippen LogP) is 4.89. The summed E-state index contributed by atoms with van der Waals surface area (Å²) in [6.45, 7) is 2.17. The first-order chi connectivity index (χ1) is 9.83. The highest BCUT2D eigenvalue weighted by Crippen LogP contribution is 2.33. The molecular weight excluding hydrogens is 353 g/mol. The molecule has 2 rings (SSSR count).